The molecule has 34 heavy (non-hydrogen) atoms. The maximum atomic E-state index is 13.9. The van der Waals surface area contributed by atoms with Crippen molar-refractivity contribution >= 4 is 11.6 Å². The fourth-order valence-electron chi connectivity index (χ4n) is 4.59. The van der Waals surface area contributed by atoms with Gasteiger partial charge in [-0.05, 0) is 54.8 Å². The molecule has 6 nitrogen and oxygen atoms in total. The minimum Gasteiger partial charge on any atom is -0.367 e. The fraction of sp³-hybridized carbons (Fsp3) is 0.222. The molecule has 1 amide bonds. The molecule has 0 N–H and O–H groups in total. The molecule has 172 valence electrons. The summed E-state index contributed by atoms with van der Waals surface area (Å²) in [6.07, 6.45) is 1.65. The molecule has 2 heterocycles. The molecule has 3 aromatic carbocycles. The molecule has 0 bridgehead atoms. The van der Waals surface area contributed by atoms with E-state index in [-0.39, 0.29) is 23.6 Å². The van der Waals surface area contributed by atoms with Gasteiger partial charge in [-0.1, -0.05) is 48.5 Å². The highest BCUT2D eigenvalue weighted by Gasteiger charge is 2.34. The van der Waals surface area contributed by atoms with E-state index in [2.05, 4.69) is 15.1 Å². The number of anilines is 1. The predicted octanol–water partition coefficient (Wildman–Crippen LogP) is 5.02. The van der Waals surface area contributed by atoms with E-state index in [0.717, 1.165) is 29.8 Å². The van der Waals surface area contributed by atoms with Gasteiger partial charge in [-0.15, -0.1) is 10.2 Å². The number of carbonyl (C=O) groups is 1. The molecule has 7 heteroatoms. The number of amides is 1. The average Bonchev–Trinajstić information content (AvgIpc) is 3.52. The van der Waals surface area contributed by atoms with Crippen LogP contribution >= 0.6 is 0 Å². The van der Waals surface area contributed by atoms with E-state index in [1.54, 1.807) is 11.0 Å². The van der Waals surface area contributed by atoms with Crippen molar-refractivity contribution in [1.29, 1.82) is 0 Å². The monoisotopic (exact) mass is 455 g/mol. The Morgan fingerprint density at radius 1 is 1.00 bits per heavy atom. The Morgan fingerprint density at radius 3 is 2.47 bits per heavy atom. The number of benzene rings is 3. The lowest BCUT2D eigenvalue weighted by Gasteiger charge is -2.25. The summed E-state index contributed by atoms with van der Waals surface area (Å²) in [6.45, 7) is 1.08. The molecule has 1 aliphatic heterocycles. The first kappa shape index (κ1) is 21.8. The van der Waals surface area contributed by atoms with Crippen LogP contribution < -0.4 is 4.90 Å². The number of carbonyl (C=O) groups excluding carboxylic acids is 1. The van der Waals surface area contributed by atoms with Crippen LogP contribution in [0.5, 0.6) is 0 Å². The van der Waals surface area contributed by atoms with E-state index in [9.17, 15) is 9.18 Å². The third kappa shape index (κ3) is 4.29. The van der Waals surface area contributed by atoms with Crippen LogP contribution in [0.3, 0.4) is 0 Å². The highest BCUT2D eigenvalue weighted by Crippen LogP contribution is 2.33. The molecule has 0 radical (unpaired) electrons. The Hall–Kier alpha value is -4.00. The smallest absolute Gasteiger partial charge is 0.292 e. The van der Waals surface area contributed by atoms with Gasteiger partial charge in [0.1, 0.15) is 5.82 Å². The van der Waals surface area contributed by atoms with Gasteiger partial charge in [-0.2, -0.15) is 0 Å². The van der Waals surface area contributed by atoms with Gasteiger partial charge in [0.2, 0.25) is 5.82 Å². The molecule has 5 rings (SSSR count). The molecule has 0 unspecified atom stereocenters. The summed E-state index contributed by atoms with van der Waals surface area (Å²) in [6, 6.07) is 26.0. The van der Waals surface area contributed by atoms with Crippen LogP contribution in [-0.4, -0.2) is 39.2 Å². The predicted molar refractivity (Wildman–Crippen MR) is 129 cm³/mol. The second kappa shape index (κ2) is 9.47. The molecular weight excluding hydrogens is 429 g/mol. The lowest BCUT2D eigenvalue weighted by molar-refractivity contribution is 0.0720. The van der Waals surface area contributed by atoms with Crippen molar-refractivity contribution in [3.63, 3.8) is 0 Å². The van der Waals surface area contributed by atoms with Gasteiger partial charge in [0.05, 0.1) is 12.6 Å². The largest absolute Gasteiger partial charge is 0.367 e. The number of para-hydroxylation sites is 2. The highest BCUT2D eigenvalue weighted by atomic mass is 19.1. The zero-order chi connectivity index (χ0) is 23.5. The van der Waals surface area contributed by atoms with E-state index < -0.39 is 0 Å². The number of likely N-dealkylation sites (tertiary alicyclic amines) is 1. The van der Waals surface area contributed by atoms with Crippen LogP contribution in [0.15, 0.2) is 84.9 Å². The standard InChI is InChI=1S/C27H26FN5O/c1-31(22-12-4-2-5-13-22)19-25-29-30-26(33(25)23-14-6-3-7-15-23)27(34)32-17-9-16-24(32)20-10-8-11-21(28)18-20/h2-8,10-15,18,24H,9,16-17,19H2,1H3/t24-/m1/s1. The number of halogens is 1. The fourth-order valence-corrected chi connectivity index (χ4v) is 4.59. The van der Waals surface area contributed by atoms with Crippen LogP contribution in [0.2, 0.25) is 0 Å². The topological polar surface area (TPSA) is 54.3 Å². The maximum Gasteiger partial charge on any atom is 0.292 e. The minimum atomic E-state index is -0.296. The second-order valence-electron chi connectivity index (χ2n) is 8.51. The number of rotatable bonds is 6. The van der Waals surface area contributed by atoms with Gasteiger partial charge in [0.25, 0.3) is 5.91 Å². The summed E-state index contributed by atoms with van der Waals surface area (Å²) >= 11 is 0. The van der Waals surface area contributed by atoms with Gasteiger partial charge < -0.3 is 9.80 Å². The van der Waals surface area contributed by atoms with Crippen LogP contribution in [0.25, 0.3) is 5.69 Å². The number of nitrogens with zero attached hydrogens (tertiary/aromatic N) is 5. The van der Waals surface area contributed by atoms with Crippen LogP contribution in [0.4, 0.5) is 10.1 Å². The summed E-state index contributed by atoms with van der Waals surface area (Å²) < 4.78 is 15.7. The zero-order valence-corrected chi connectivity index (χ0v) is 19.0. The number of aromatic nitrogens is 3. The van der Waals surface area contributed by atoms with E-state index in [4.69, 9.17) is 0 Å². The Kier molecular flexibility index (Phi) is 6.08. The quantitative estimate of drug-likeness (QED) is 0.410. The first-order valence-electron chi connectivity index (χ1n) is 11.4. The van der Waals surface area contributed by atoms with Crippen molar-refractivity contribution in [3.05, 3.63) is 108 Å². The maximum absolute atomic E-state index is 13.9. The molecule has 4 aromatic rings. The van der Waals surface area contributed by atoms with E-state index in [1.165, 1.54) is 12.1 Å². The molecule has 1 atom stereocenters. The molecule has 0 saturated carbocycles. The third-order valence-corrected chi connectivity index (χ3v) is 6.26. The van der Waals surface area contributed by atoms with Crippen molar-refractivity contribution < 1.29 is 9.18 Å². The number of hydrogen-bond donors (Lipinski definition) is 0. The van der Waals surface area contributed by atoms with E-state index >= 15 is 0 Å². The summed E-state index contributed by atoms with van der Waals surface area (Å²) in [5, 5.41) is 8.78. The molecule has 1 aromatic heterocycles. The minimum absolute atomic E-state index is 0.181. The lowest BCUT2D eigenvalue weighted by atomic mass is 10.0. The third-order valence-electron chi connectivity index (χ3n) is 6.26. The van der Waals surface area contributed by atoms with E-state index in [1.807, 2.05) is 78.3 Å². The Bertz CT molecular complexity index is 1270. The van der Waals surface area contributed by atoms with Gasteiger partial charge in [0, 0.05) is 25.0 Å². The van der Waals surface area contributed by atoms with Crippen molar-refractivity contribution in [2.24, 2.45) is 0 Å². The highest BCUT2D eigenvalue weighted by molar-refractivity contribution is 5.92. The molecular formula is C27H26FN5O. The zero-order valence-electron chi connectivity index (χ0n) is 19.0. The second-order valence-corrected chi connectivity index (χ2v) is 8.51. The normalized spacial score (nSPS) is 15.5. The first-order chi connectivity index (χ1) is 16.6. The molecule has 0 spiro atoms. The average molecular weight is 456 g/mol. The van der Waals surface area contributed by atoms with Crippen LogP contribution in [0.1, 0.15) is 40.9 Å². The first-order valence-corrected chi connectivity index (χ1v) is 11.4. The SMILES string of the molecule is CN(Cc1nnc(C(=O)N2CCC[C@@H]2c2cccc(F)c2)n1-c1ccccc1)c1ccccc1. The summed E-state index contributed by atoms with van der Waals surface area (Å²) in [7, 11) is 1.99. The van der Waals surface area contributed by atoms with Crippen molar-refractivity contribution in [1.82, 2.24) is 19.7 Å². The Balaban J connectivity index is 1.50. The molecule has 0 aliphatic carbocycles. The van der Waals surface area contributed by atoms with Crippen LogP contribution in [-0.2, 0) is 6.54 Å². The summed E-state index contributed by atoms with van der Waals surface area (Å²) in [5.41, 5.74) is 2.68. The van der Waals surface area contributed by atoms with Gasteiger partial charge in [-0.3, -0.25) is 9.36 Å². The van der Waals surface area contributed by atoms with Crippen molar-refractivity contribution in [2.45, 2.75) is 25.4 Å². The van der Waals surface area contributed by atoms with E-state index in [0.29, 0.717) is 18.9 Å². The van der Waals surface area contributed by atoms with Gasteiger partial charge in [0.15, 0.2) is 5.82 Å². The molecule has 1 aliphatic rings. The lowest BCUT2D eigenvalue weighted by Crippen LogP contribution is -2.33. The number of hydrogen-bond acceptors (Lipinski definition) is 4. The molecule has 1 saturated heterocycles. The van der Waals surface area contributed by atoms with Crippen molar-refractivity contribution in [2.75, 3.05) is 18.5 Å². The summed E-state index contributed by atoms with van der Waals surface area (Å²) in [5.74, 6) is 0.445. The van der Waals surface area contributed by atoms with Gasteiger partial charge >= 0.3 is 0 Å². The molecule has 1 fully saturated rings. The Labute approximate surface area is 198 Å². The van der Waals surface area contributed by atoms with Crippen LogP contribution in [0, 0.1) is 5.82 Å². The van der Waals surface area contributed by atoms with Gasteiger partial charge in [-0.25, -0.2) is 4.39 Å². The summed E-state index contributed by atoms with van der Waals surface area (Å²) in [4.78, 5) is 17.6. The Morgan fingerprint density at radius 2 is 1.74 bits per heavy atom. The van der Waals surface area contributed by atoms with Crippen molar-refractivity contribution in [3.8, 4) is 5.69 Å².